The number of hydrogen-bond donors (Lipinski definition) is 2. The van der Waals surface area contributed by atoms with Gasteiger partial charge in [0.15, 0.2) is 0 Å². The van der Waals surface area contributed by atoms with E-state index in [1.165, 1.54) is 5.56 Å². The maximum Gasteiger partial charge on any atom is 0.312 e. The van der Waals surface area contributed by atoms with Crippen molar-refractivity contribution in [1.82, 2.24) is 5.32 Å². The number of aryl methyl sites for hydroxylation is 2. The SMILES string of the molecule is CCC(NCc1ccc(CC(C)(C)C(=O)OC(C)(C)C)cc1)C(=O)Nc1ccc(C)cc1C. The molecule has 33 heavy (non-hydrogen) atoms. The van der Waals surface area contributed by atoms with Crippen LogP contribution in [0.2, 0.25) is 0 Å². The Labute approximate surface area is 199 Å². The molecule has 0 heterocycles. The molecule has 0 radical (unpaired) electrons. The highest BCUT2D eigenvalue weighted by atomic mass is 16.6. The van der Waals surface area contributed by atoms with E-state index in [2.05, 4.69) is 16.7 Å². The largest absolute Gasteiger partial charge is 0.460 e. The first-order valence-electron chi connectivity index (χ1n) is 11.7. The molecule has 0 aliphatic carbocycles. The highest BCUT2D eigenvalue weighted by Gasteiger charge is 2.32. The van der Waals surface area contributed by atoms with Gasteiger partial charge in [0.1, 0.15) is 5.60 Å². The number of hydrogen-bond acceptors (Lipinski definition) is 4. The van der Waals surface area contributed by atoms with Crippen LogP contribution in [0, 0.1) is 19.3 Å². The van der Waals surface area contributed by atoms with Gasteiger partial charge in [-0.05, 0) is 84.1 Å². The number of anilines is 1. The monoisotopic (exact) mass is 452 g/mol. The molecule has 5 heteroatoms. The second-order valence-corrected chi connectivity index (χ2v) is 10.5. The van der Waals surface area contributed by atoms with Gasteiger partial charge < -0.3 is 15.4 Å². The van der Waals surface area contributed by atoms with Gasteiger partial charge in [-0.2, -0.15) is 0 Å². The van der Waals surface area contributed by atoms with Crippen LogP contribution < -0.4 is 10.6 Å². The number of amides is 1. The van der Waals surface area contributed by atoms with Crippen molar-refractivity contribution < 1.29 is 14.3 Å². The van der Waals surface area contributed by atoms with Crippen LogP contribution >= 0.6 is 0 Å². The Bertz CT molecular complexity index is 956. The van der Waals surface area contributed by atoms with Crippen LogP contribution in [0.4, 0.5) is 5.69 Å². The molecule has 0 saturated carbocycles. The lowest BCUT2D eigenvalue weighted by Crippen LogP contribution is -2.39. The molecule has 1 unspecified atom stereocenters. The molecule has 1 atom stereocenters. The maximum atomic E-state index is 12.8. The summed E-state index contributed by atoms with van der Waals surface area (Å²) in [6.07, 6.45) is 1.30. The molecule has 180 valence electrons. The molecule has 1 amide bonds. The fourth-order valence-corrected chi connectivity index (χ4v) is 3.61. The van der Waals surface area contributed by atoms with Crippen LogP contribution in [0.1, 0.15) is 70.2 Å². The Morgan fingerprint density at radius 1 is 0.939 bits per heavy atom. The lowest BCUT2D eigenvalue weighted by molar-refractivity contribution is -0.165. The average Bonchev–Trinajstić information content (AvgIpc) is 2.70. The molecule has 2 aromatic rings. The van der Waals surface area contributed by atoms with Gasteiger partial charge in [0.05, 0.1) is 11.5 Å². The summed E-state index contributed by atoms with van der Waals surface area (Å²) in [6, 6.07) is 13.9. The van der Waals surface area contributed by atoms with E-state index in [0.717, 1.165) is 22.4 Å². The Hall–Kier alpha value is -2.66. The molecular formula is C28H40N2O3. The van der Waals surface area contributed by atoms with Crippen molar-refractivity contribution in [3.05, 3.63) is 64.7 Å². The standard InChI is InChI=1S/C28H40N2O3/c1-9-23(25(31)30-24-15-10-19(2)16-20(24)3)29-18-22-13-11-21(12-14-22)17-28(7,8)26(32)33-27(4,5)6/h10-16,23,29H,9,17-18H2,1-8H3,(H,30,31). The summed E-state index contributed by atoms with van der Waals surface area (Å²) in [6.45, 7) is 16.1. The molecular weight excluding hydrogens is 412 g/mol. The third-order valence-electron chi connectivity index (χ3n) is 5.54. The lowest BCUT2D eigenvalue weighted by Gasteiger charge is -2.28. The van der Waals surface area contributed by atoms with Crippen LogP contribution in [0.25, 0.3) is 0 Å². The molecule has 0 saturated heterocycles. The van der Waals surface area contributed by atoms with E-state index in [0.29, 0.717) is 19.4 Å². The zero-order valence-corrected chi connectivity index (χ0v) is 21.5. The zero-order valence-electron chi connectivity index (χ0n) is 21.5. The fourth-order valence-electron chi connectivity index (χ4n) is 3.61. The number of nitrogens with one attached hydrogen (secondary N) is 2. The summed E-state index contributed by atoms with van der Waals surface area (Å²) in [5.74, 6) is -0.221. The normalized spacial score (nSPS) is 12.8. The maximum absolute atomic E-state index is 12.8. The number of carbonyl (C=O) groups excluding carboxylic acids is 2. The van der Waals surface area contributed by atoms with Crippen LogP contribution in [0.15, 0.2) is 42.5 Å². The molecule has 2 aromatic carbocycles. The first-order valence-corrected chi connectivity index (χ1v) is 11.7. The minimum absolute atomic E-state index is 0.0276. The van der Waals surface area contributed by atoms with Gasteiger partial charge >= 0.3 is 5.97 Å². The second kappa shape index (κ2) is 11.0. The summed E-state index contributed by atoms with van der Waals surface area (Å²) in [5, 5.41) is 6.40. The predicted molar refractivity (Wildman–Crippen MR) is 135 cm³/mol. The Balaban J connectivity index is 1.94. The highest BCUT2D eigenvalue weighted by molar-refractivity contribution is 5.95. The van der Waals surface area contributed by atoms with Crippen molar-refractivity contribution in [2.45, 2.75) is 86.4 Å². The number of esters is 1. The minimum Gasteiger partial charge on any atom is -0.460 e. The van der Waals surface area contributed by atoms with Crippen LogP contribution in [-0.2, 0) is 27.3 Å². The molecule has 2 rings (SSSR count). The smallest absolute Gasteiger partial charge is 0.312 e. The summed E-state index contributed by atoms with van der Waals surface area (Å²) < 4.78 is 5.57. The Morgan fingerprint density at radius 3 is 2.09 bits per heavy atom. The first kappa shape index (κ1) is 26.6. The van der Waals surface area contributed by atoms with Gasteiger partial charge in [0.25, 0.3) is 0 Å². The predicted octanol–water partition coefficient (Wildman–Crippen LogP) is 5.72. The van der Waals surface area contributed by atoms with E-state index < -0.39 is 11.0 Å². The van der Waals surface area contributed by atoms with Crippen molar-refractivity contribution in [2.24, 2.45) is 5.41 Å². The fraction of sp³-hybridized carbons (Fsp3) is 0.500. The quantitative estimate of drug-likeness (QED) is 0.478. The molecule has 2 N–H and O–H groups in total. The summed E-state index contributed by atoms with van der Waals surface area (Å²) >= 11 is 0. The molecule has 0 spiro atoms. The third-order valence-corrected chi connectivity index (χ3v) is 5.54. The molecule has 0 aliphatic heterocycles. The first-order chi connectivity index (χ1) is 15.3. The van der Waals surface area contributed by atoms with Crippen molar-refractivity contribution in [3.63, 3.8) is 0 Å². The molecule has 5 nitrogen and oxygen atoms in total. The zero-order chi connectivity index (χ0) is 24.8. The minimum atomic E-state index is -0.605. The average molecular weight is 453 g/mol. The van der Waals surface area contributed by atoms with Crippen LogP contribution in [0.5, 0.6) is 0 Å². The summed E-state index contributed by atoms with van der Waals surface area (Å²) in [7, 11) is 0. The molecule has 0 aliphatic rings. The Kier molecular flexibility index (Phi) is 8.84. The molecule has 0 aromatic heterocycles. The van der Waals surface area contributed by atoms with E-state index in [9.17, 15) is 9.59 Å². The van der Waals surface area contributed by atoms with E-state index in [-0.39, 0.29) is 17.9 Å². The lowest BCUT2D eigenvalue weighted by atomic mass is 9.85. The van der Waals surface area contributed by atoms with Gasteiger partial charge in [0.2, 0.25) is 5.91 Å². The van der Waals surface area contributed by atoms with E-state index >= 15 is 0 Å². The number of carbonyl (C=O) groups is 2. The van der Waals surface area contributed by atoms with Crippen LogP contribution in [0.3, 0.4) is 0 Å². The topological polar surface area (TPSA) is 67.4 Å². The summed E-state index contributed by atoms with van der Waals surface area (Å²) in [4.78, 5) is 25.3. The van der Waals surface area contributed by atoms with Crippen molar-refractivity contribution >= 4 is 17.6 Å². The number of ether oxygens (including phenoxy) is 1. The third kappa shape index (κ3) is 8.32. The van der Waals surface area contributed by atoms with Gasteiger partial charge in [-0.3, -0.25) is 9.59 Å². The van der Waals surface area contributed by atoms with Gasteiger partial charge in [-0.25, -0.2) is 0 Å². The van der Waals surface area contributed by atoms with Gasteiger partial charge in [-0.1, -0.05) is 48.9 Å². The van der Waals surface area contributed by atoms with E-state index in [4.69, 9.17) is 4.74 Å². The molecule has 0 fully saturated rings. The van der Waals surface area contributed by atoms with E-state index in [1.807, 2.05) is 91.8 Å². The van der Waals surface area contributed by atoms with Crippen molar-refractivity contribution in [3.8, 4) is 0 Å². The molecule has 0 bridgehead atoms. The summed E-state index contributed by atoms with van der Waals surface area (Å²) in [5.41, 5.74) is 4.15. The number of rotatable bonds is 9. The number of benzene rings is 2. The van der Waals surface area contributed by atoms with Gasteiger partial charge in [-0.15, -0.1) is 0 Å². The van der Waals surface area contributed by atoms with Crippen LogP contribution in [-0.4, -0.2) is 23.5 Å². The Morgan fingerprint density at radius 2 is 1.55 bits per heavy atom. The highest BCUT2D eigenvalue weighted by Crippen LogP contribution is 2.26. The second-order valence-electron chi connectivity index (χ2n) is 10.5. The van der Waals surface area contributed by atoms with Gasteiger partial charge in [0, 0.05) is 12.2 Å². The van der Waals surface area contributed by atoms with E-state index in [1.54, 1.807) is 0 Å². The van der Waals surface area contributed by atoms with Crippen molar-refractivity contribution in [1.29, 1.82) is 0 Å². The van der Waals surface area contributed by atoms with Crippen molar-refractivity contribution in [2.75, 3.05) is 5.32 Å².